The van der Waals surface area contributed by atoms with Crippen molar-refractivity contribution in [1.29, 1.82) is 0 Å². The summed E-state index contributed by atoms with van der Waals surface area (Å²) >= 11 is 0. The van der Waals surface area contributed by atoms with Crippen molar-refractivity contribution < 1.29 is 23.5 Å². The zero-order valence-electron chi connectivity index (χ0n) is 13.4. The molecule has 1 heterocycles. The summed E-state index contributed by atoms with van der Waals surface area (Å²) in [6.07, 6.45) is 1.67. The summed E-state index contributed by atoms with van der Waals surface area (Å²) in [5.41, 5.74) is -0.656. The van der Waals surface area contributed by atoms with Crippen LogP contribution in [-0.4, -0.2) is 29.1 Å². The first-order valence-corrected chi connectivity index (χ1v) is 7.37. The molecule has 0 aliphatic carbocycles. The molecule has 0 radical (unpaired) electrons. The maximum absolute atomic E-state index is 13.4. The van der Waals surface area contributed by atoms with Gasteiger partial charge in [0.15, 0.2) is 0 Å². The fourth-order valence-electron chi connectivity index (χ4n) is 2.06. The minimum Gasteiger partial charge on any atom is -0.469 e. The molecule has 7 heteroatoms. The monoisotopic (exact) mass is 334 g/mol. The number of amides is 2. The Morgan fingerprint density at radius 3 is 2.67 bits per heavy atom. The van der Waals surface area contributed by atoms with Crippen molar-refractivity contribution in [3.8, 4) is 0 Å². The molecule has 0 saturated heterocycles. The molecule has 1 aromatic carbocycles. The SMILES string of the molecule is Cc1ccc(NC(=O)C(=O)NCC(C)(O)Cc2ccco2)cc1F. The summed E-state index contributed by atoms with van der Waals surface area (Å²) in [4.78, 5) is 23.6. The van der Waals surface area contributed by atoms with Crippen molar-refractivity contribution in [3.63, 3.8) is 0 Å². The quantitative estimate of drug-likeness (QED) is 0.727. The normalized spacial score (nSPS) is 13.2. The molecule has 0 aliphatic rings. The topological polar surface area (TPSA) is 91.6 Å². The number of hydrogen-bond donors (Lipinski definition) is 3. The Balaban J connectivity index is 1.87. The number of aliphatic hydroxyl groups is 1. The summed E-state index contributed by atoms with van der Waals surface area (Å²) in [6, 6.07) is 7.52. The zero-order chi connectivity index (χ0) is 17.7. The van der Waals surface area contributed by atoms with Crippen LogP contribution in [0.3, 0.4) is 0 Å². The van der Waals surface area contributed by atoms with Crippen LogP contribution in [0.25, 0.3) is 0 Å². The summed E-state index contributed by atoms with van der Waals surface area (Å²) in [6.45, 7) is 2.97. The van der Waals surface area contributed by atoms with E-state index in [-0.39, 0.29) is 18.7 Å². The lowest BCUT2D eigenvalue weighted by Crippen LogP contribution is -2.45. The highest BCUT2D eigenvalue weighted by atomic mass is 19.1. The summed E-state index contributed by atoms with van der Waals surface area (Å²) in [5, 5.41) is 14.9. The highest BCUT2D eigenvalue weighted by molar-refractivity contribution is 6.39. The highest BCUT2D eigenvalue weighted by Gasteiger charge is 2.25. The molecule has 0 fully saturated rings. The molecule has 6 nitrogen and oxygen atoms in total. The molecule has 0 aliphatic heterocycles. The van der Waals surface area contributed by atoms with E-state index in [4.69, 9.17) is 4.42 Å². The van der Waals surface area contributed by atoms with Crippen LogP contribution in [-0.2, 0) is 16.0 Å². The van der Waals surface area contributed by atoms with Gasteiger partial charge in [0.05, 0.1) is 11.9 Å². The molecule has 0 spiro atoms. The van der Waals surface area contributed by atoms with E-state index < -0.39 is 23.2 Å². The van der Waals surface area contributed by atoms with Crippen LogP contribution in [0.2, 0.25) is 0 Å². The van der Waals surface area contributed by atoms with Crippen LogP contribution < -0.4 is 10.6 Å². The molecule has 0 saturated carbocycles. The molecule has 3 N–H and O–H groups in total. The third-order valence-electron chi connectivity index (χ3n) is 3.40. The van der Waals surface area contributed by atoms with Crippen LogP contribution in [0.1, 0.15) is 18.2 Å². The van der Waals surface area contributed by atoms with Crippen LogP contribution in [0.4, 0.5) is 10.1 Å². The largest absolute Gasteiger partial charge is 0.469 e. The van der Waals surface area contributed by atoms with E-state index in [1.807, 2.05) is 0 Å². The third-order valence-corrected chi connectivity index (χ3v) is 3.40. The van der Waals surface area contributed by atoms with Crippen molar-refractivity contribution in [1.82, 2.24) is 5.32 Å². The molecule has 2 amide bonds. The van der Waals surface area contributed by atoms with Crippen LogP contribution in [0, 0.1) is 12.7 Å². The van der Waals surface area contributed by atoms with E-state index >= 15 is 0 Å². The average molecular weight is 334 g/mol. The standard InChI is InChI=1S/C17H19FN2O4/c1-11-5-6-12(8-14(11)18)20-16(22)15(21)19-10-17(2,23)9-13-4-3-7-24-13/h3-8,23H,9-10H2,1-2H3,(H,19,21)(H,20,22). The Morgan fingerprint density at radius 1 is 1.29 bits per heavy atom. The van der Waals surface area contributed by atoms with Gasteiger partial charge in [-0.3, -0.25) is 9.59 Å². The van der Waals surface area contributed by atoms with Gasteiger partial charge in [-0.05, 0) is 43.7 Å². The second-order valence-electron chi connectivity index (χ2n) is 5.85. The van der Waals surface area contributed by atoms with Gasteiger partial charge >= 0.3 is 11.8 Å². The number of halogens is 1. The molecule has 1 atom stereocenters. The second-order valence-corrected chi connectivity index (χ2v) is 5.85. The number of anilines is 1. The molecule has 2 rings (SSSR count). The van der Waals surface area contributed by atoms with Gasteiger partial charge in [0.25, 0.3) is 0 Å². The van der Waals surface area contributed by atoms with E-state index in [0.717, 1.165) is 6.07 Å². The average Bonchev–Trinajstić information content (AvgIpc) is 3.00. The van der Waals surface area contributed by atoms with Crippen molar-refractivity contribution in [2.75, 3.05) is 11.9 Å². The third kappa shape index (κ3) is 4.92. The summed E-state index contributed by atoms with van der Waals surface area (Å²) < 4.78 is 18.6. The minimum atomic E-state index is -1.27. The first-order valence-electron chi connectivity index (χ1n) is 7.37. The number of carbonyl (C=O) groups is 2. The van der Waals surface area contributed by atoms with Crippen LogP contribution in [0.15, 0.2) is 41.0 Å². The molecule has 128 valence electrons. The van der Waals surface area contributed by atoms with Crippen molar-refractivity contribution in [2.45, 2.75) is 25.9 Å². The van der Waals surface area contributed by atoms with Gasteiger partial charge in [0.1, 0.15) is 11.6 Å². The summed E-state index contributed by atoms with van der Waals surface area (Å²) in [5.74, 6) is -1.77. The molecular weight excluding hydrogens is 315 g/mol. The van der Waals surface area contributed by atoms with Gasteiger partial charge in [-0.1, -0.05) is 6.07 Å². The number of carbonyl (C=O) groups excluding carboxylic acids is 2. The molecule has 24 heavy (non-hydrogen) atoms. The van der Waals surface area contributed by atoms with Crippen LogP contribution in [0.5, 0.6) is 0 Å². The first-order chi connectivity index (χ1) is 11.3. The van der Waals surface area contributed by atoms with Gasteiger partial charge < -0.3 is 20.2 Å². The van der Waals surface area contributed by atoms with Gasteiger partial charge in [-0.15, -0.1) is 0 Å². The Labute approximate surface area is 138 Å². The van der Waals surface area contributed by atoms with E-state index in [0.29, 0.717) is 11.3 Å². The minimum absolute atomic E-state index is 0.137. The van der Waals surface area contributed by atoms with Crippen molar-refractivity contribution in [3.05, 3.63) is 53.7 Å². The lowest BCUT2D eigenvalue weighted by Gasteiger charge is -2.22. The number of furan rings is 1. The van der Waals surface area contributed by atoms with E-state index in [9.17, 15) is 19.1 Å². The van der Waals surface area contributed by atoms with Crippen LogP contribution >= 0.6 is 0 Å². The fourth-order valence-corrected chi connectivity index (χ4v) is 2.06. The molecular formula is C17H19FN2O4. The number of rotatable bonds is 5. The van der Waals surface area contributed by atoms with Crippen molar-refractivity contribution >= 4 is 17.5 Å². The number of aryl methyl sites for hydroxylation is 1. The van der Waals surface area contributed by atoms with Gasteiger partial charge in [-0.25, -0.2) is 4.39 Å². The van der Waals surface area contributed by atoms with E-state index in [1.54, 1.807) is 19.1 Å². The Morgan fingerprint density at radius 2 is 2.04 bits per heavy atom. The van der Waals surface area contributed by atoms with E-state index in [2.05, 4.69) is 10.6 Å². The smallest absolute Gasteiger partial charge is 0.313 e. The molecule has 1 aromatic heterocycles. The van der Waals surface area contributed by atoms with Crippen molar-refractivity contribution in [2.24, 2.45) is 0 Å². The zero-order valence-corrected chi connectivity index (χ0v) is 13.4. The van der Waals surface area contributed by atoms with Gasteiger partial charge in [-0.2, -0.15) is 0 Å². The Bertz CT molecular complexity index is 726. The lowest BCUT2D eigenvalue weighted by molar-refractivity contribution is -0.136. The lowest BCUT2D eigenvalue weighted by atomic mass is 10.0. The molecule has 0 bridgehead atoms. The maximum Gasteiger partial charge on any atom is 0.313 e. The summed E-state index contributed by atoms with van der Waals surface area (Å²) in [7, 11) is 0. The predicted octanol–water partition coefficient (Wildman–Crippen LogP) is 1.78. The first kappa shape index (κ1) is 17.7. The number of nitrogens with one attached hydrogen (secondary N) is 2. The fraction of sp³-hybridized carbons (Fsp3) is 0.294. The van der Waals surface area contributed by atoms with E-state index in [1.165, 1.54) is 25.3 Å². The van der Waals surface area contributed by atoms with Gasteiger partial charge in [0, 0.05) is 18.7 Å². The highest BCUT2D eigenvalue weighted by Crippen LogP contribution is 2.14. The molecule has 2 aromatic rings. The number of benzene rings is 1. The predicted molar refractivity (Wildman–Crippen MR) is 85.8 cm³/mol. The maximum atomic E-state index is 13.4. The second kappa shape index (κ2) is 7.27. The Kier molecular flexibility index (Phi) is 5.35. The number of hydrogen-bond acceptors (Lipinski definition) is 4. The van der Waals surface area contributed by atoms with Gasteiger partial charge in [0.2, 0.25) is 0 Å². The molecule has 1 unspecified atom stereocenters. The Hall–Kier alpha value is -2.67.